The van der Waals surface area contributed by atoms with E-state index in [9.17, 15) is 0 Å². The maximum absolute atomic E-state index is 5.48. The van der Waals surface area contributed by atoms with Crippen LogP contribution < -0.4 is 5.32 Å². The van der Waals surface area contributed by atoms with Gasteiger partial charge in [-0.25, -0.2) is 0 Å². The van der Waals surface area contributed by atoms with E-state index in [0.717, 1.165) is 25.3 Å². The Morgan fingerprint density at radius 3 is 2.60 bits per heavy atom. The summed E-state index contributed by atoms with van der Waals surface area (Å²) in [6.07, 6.45) is 5.87. The van der Waals surface area contributed by atoms with Gasteiger partial charge in [-0.1, -0.05) is 33.1 Å². The molecule has 0 aliphatic carbocycles. The molecule has 1 N–H and O–H groups in total. The zero-order chi connectivity index (χ0) is 10.9. The van der Waals surface area contributed by atoms with Crippen LogP contribution in [0.2, 0.25) is 0 Å². The van der Waals surface area contributed by atoms with Crippen LogP contribution in [0.25, 0.3) is 0 Å². The van der Waals surface area contributed by atoms with Crippen LogP contribution in [-0.4, -0.2) is 16.7 Å². The highest BCUT2D eigenvalue weighted by Gasteiger charge is 2.04. The average molecular weight is 211 g/mol. The van der Waals surface area contributed by atoms with Gasteiger partial charge in [-0.15, -0.1) is 10.2 Å². The molecule has 1 rings (SSSR count). The van der Waals surface area contributed by atoms with Crippen molar-refractivity contribution in [2.24, 2.45) is 0 Å². The first kappa shape index (κ1) is 12.2. The molecule has 0 aliphatic heterocycles. The molecule has 0 bridgehead atoms. The highest BCUT2D eigenvalue weighted by Crippen LogP contribution is 2.06. The maximum Gasteiger partial charge on any atom is 0.230 e. The zero-order valence-electron chi connectivity index (χ0n) is 9.75. The van der Waals surface area contributed by atoms with Crippen LogP contribution in [0.5, 0.6) is 0 Å². The van der Waals surface area contributed by atoms with E-state index >= 15 is 0 Å². The van der Waals surface area contributed by atoms with E-state index in [-0.39, 0.29) is 0 Å². The first-order valence-electron chi connectivity index (χ1n) is 5.88. The van der Waals surface area contributed by atoms with E-state index in [1.54, 1.807) is 0 Å². The molecule has 86 valence electrons. The molecule has 0 amide bonds. The van der Waals surface area contributed by atoms with Crippen LogP contribution in [0, 0.1) is 0 Å². The average Bonchev–Trinajstić information content (AvgIpc) is 2.69. The summed E-state index contributed by atoms with van der Waals surface area (Å²) in [5, 5.41) is 11.1. The van der Waals surface area contributed by atoms with Crippen molar-refractivity contribution >= 4 is 0 Å². The van der Waals surface area contributed by atoms with Crippen LogP contribution in [0.3, 0.4) is 0 Å². The van der Waals surface area contributed by atoms with E-state index < -0.39 is 0 Å². The van der Waals surface area contributed by atoms with Crippen molar-refractivity contribution in [2.45, 2.75) is 52.5 Å². The van der Waals surface area contributed by atoms with E-state index in [2.05, 4.69) is 29.4 Å². The van der Waals surface area contributed by atoms with Gasteiger partial charge in [0.2, 0.25) is 11.8 Å². The Hall–Kier alpha value is -0.900. The number of hydrogen-bond donors (Lipinski definition) is 1. The fourth-order valence-corrected chi connectivity index (χ4v) is 1.40. The summed E-state index contributed by atoms with van der Waals surface area (Å²) in [4.78, 5) is 0. The van der Waals surface area contributed by atoms with Gasteiger partial charge in [-0.2, -0.15) is 0 Å². The van der Waals surface area contributed by atoms with Crippen molar-refractivity contribution in [3.8, 4) is 0 Å². The molecule has 0 spiro atoms. The molecule has 0 aromatic carbocycles. The molecule has 0 saturated carbocycles. The van der Waals surface area contributed by atoms with Crippen LogP contribution in [0.15, 0.2) is 4.42 Å². The maximum atomic E-state index is 5.48. The van der Waals surface area contributed by atoms with Gasteiger partial charge < -0.3 is 9.73 Å². The smallest absolute Gasteiger partial charge is 0.230 e. The van der Waals surface area contributed by atoms with E-state index in [1.165, 1.54) is 19.3 Å². The molecule has 0 atom stereocenters. The molecule has 0 radical (unpaired) electrons. The molecular formula is C11H21N3O. The number of aryl methyl sites for hydroxylation is 1. The SMILES string of the molecule is CCCCCCc1nnc(CNCC)o1. The molecule has 1 aromatic heterocycles. The lowest BCUT2D eigenvalue weighted by atomic mass is 10.1. The Morgan fingerprint density at radius 2 is 1.87 bits per heavy atom. The molecule has 1 heterocycles. The van der Waals surface area contributed by atoms with Gasteiger partial charge >= 0.3 is 0 Å². The van der Waals surface area contributed by atoms with Crippen molar-refractivity contribution in [3.63, 3.8) is 0 Å². The minimum Gasteiger partial charge on any atom is -0.424 e. The Bertz CT molecular complexity index is 260. The normalized spacial score (nSPS) is 10.8. The second kappa shape index (κ2) is 7.40. The molecule has 0 saturated heterocycles. The third-order valence-electron chi connectivity index (χ3n) is 2.28. The monoisotopic (exact) mass is 211 g/mol. The van der Waals surface area contributed by atoms with Crippen molar-refractivity contribution in [1.29, 1.82) is 0 Å². The minimum atomic E-state index is 0.679. The van der Waals surface area contributed by atoms with Gasteiger partial charge in [0.05, 0.1) is 6.54 Å². The van der Waals surface area contributed by atoms with Crippen molar-refractivity contribution in [2.75, 3.05) is 6.54 Å². The standard InChI is InChI=1S/C11H21N3O/c1-3-5-6-7-8-10-13-14-11(15-10)9-12-4-2/h12H,3-9H2,1-2H3. The quantitative estimate of drug-likeness (QED) is 0.670. The van der Waals surface area contributed by atoms with Gasteiger partial charge in [-0.05, 0) is 13.0 Å². The fraction of sp³-hybridized carbons (Fsp3) is 0.818. The topological polar surface area (TPSA) is 51.0 Å². The summed E-state index contributed by atoms with van der Waals surface area (Å²) >= 11 is 0. The predicted molar refractivity (Wildman–Crippen MR) is 59.5 cm³/mol. The summed E-state index contributed by atoms with van der Waals surface area (Å²) in [6.45, 7) is 5.87. The van der Waals surface area contributed by atoms with Gasteiger partial charge in [-0.3, -0.25) is 0 Å². The second-order valence-corrected chi connectivity index (χ2v) is 3.68. The lowest BCUT2D eigenvalue weighted by molar-refractivity contribution is 0.428. The van der Waals surface area contributed by atoms with Crippen molar-refractivity contribution in [3.05, 3.63) is 11.8 Å². The number of hydrogen-bond acceptors (Lipinski definition) is 4. The lowest BCUT2D eigenvalue weighted by Crippen LogP contribution is -2.11. The highest BCUT2D eigenvalue weighted by atomic mass is 16.4. The number of nitrogens with zero attached hydrogens (tertiary/aromatic N) is 2. The lowest BCUT2D eigenvalue weighted by Gasteiger charge is -1.95. The fourth-order valence-electron chi connectivity index (χ4n) is 1.40. The summed E-state index contributed by atoms with van der Waals surface area (Å²) in [5.74, 6) is 1.47. The number of unbranched alkanes of at least 4 members (excludes halogenated alkanes) is 3. The molecule has 15 heavy (non-hydrogen) atoms. The van der Waals surface area contributed by atoms with Gasteiger partial charge in [0.1, 0.15) is 0 Å². The summed E-state index contributed by atoms with van der Waals surface area (Å²) < 4.78 is 5.48. The third kappa shape index (κ3) is 4.93. The van der Waals surface area contributed by atoms with E-state index in [0.29, 0.717) is 12.4 Å². The molecule has 0 unspecified atom stereocenters. The molecular weight excluding hydrogens is 190 g/mol. The second-order valence-electron chi connectivity index (χ2n) is 3.68. The van der Waals surface area contributed by atoms with Crippen molar-refractivity contribution in [1.82, 2.24) is 15.5 Å². The van der Waals surface area contributed by atoms with E-state index in [1.807, 2.05) is 0 Å². The van der Waals surface area contributed by atoms with Crippen LogP contribution >= 0.6 is 0 Å². The first-order valence-corrected chi connectivity index (χ1v) is 5.88. The van der Waals surface area contributed by atoms with Crippen LogP contribution in [-0.2, 0) is 13.0 Å². The highest BCUT2D eigenvalue weighted by molar-refractivity contribution is 4.81. The van der Waals surface area contributed by atoms with Gasteiger partial charge in [0, 0.05) is 6.42 Å². The van der Waals surface area contributed by atoms with Gasteiger partial charge in [0.25, 0.3) is 0 Å². The third-order valence-corrected chi connectivity index (χ3v) is 2.28. The molecule has 0 aliphatic rings. The Morgan fingerprint density at radius 1 is 1.07 bits per heavy atom. The Labute approximate surface area is 91.5 Å². The Kier molecular flexibility index (Phi) is 6.00. The molecule has 0 fully saturated rings. The Balaban J connectivity index is 2.20. The largest absolute Gasteiger partial charge is 0.424 e. The summed E-state index contributed by atoms with van der Waals surface area (Å²) in [7, 11) is 0. The number of nitrogens with one attached hydrogen (secondary N) is 1. The predicted octanol–water partition coefficient (Wildman–Crippen LogP) is 2.30. The number of rotatable bonds is 8. The summed E-state index contributed by atoms with van der Waals surface area (Å²) in [6, 6.07) is 0. The number of aromatic nitrogens is 2. The minimum absolute atomic E-state index is 0.679. The van der Waals surface area contributed by atoms with Crippen LogP contribution in [0.1, 0.15) is 51.3 Å². The van der Waals surface area contributed by atoms with Gasteiger partial charge in [0.15, 0.2) is 0 Å². The first-order chi connectivity index (χ1) is 7.36. The zero-order valence-corrected chi connectivity index (χ0v) is 9.75. The summed E-state index contributed by atoms with van der Waals surface area (Å²) in [5.41, 5.74) is 0. The molecule has 1 aromatic rings. The van der Waals surface area contributed by atoms with Crippen LogP contribution in [0.4, 0.5) is 0 Å². The van der Waals surface area contributed by atoms with Crippen molar-refractivity contribution < 1.29 is 4.42 Å². The molecule has 4 nitrogen and oxygen atoms in total. The van der Waals surface area contributed by atoms with E-state index in [4.69, 9.17) is 4.42 Å². The molecule has 4 heteroatoms.